The van der Waals surface area contributed by atoms with E-state index in [1.165, 1.54) is 7.11 Å². The predicted octanol–water partition coefficient (Wildman–Crippen LogP) is 3.09. The van der Waals surface area contributed by atoms with Crippen molar-refractivity contribution in [2.45, 2.75) is 109 Å². The Hall–Kier alpha value is -3.39. The summed E-state index contributed by atoms with van der Waals surface area (Å²) in [7, 11) is 1.39. The molecule has 1 aliphatic heterocycles. The van der Waals surface area contributed by atoms with Gasteiger partial charge in [-0.25, -0.2) is 9.59 Å². The van der Waals surface area contributed by atoms with Gasteiger partial charge < -0.3 is 49.7 Å². The maximum Gasteiger partial charge on any atom is 0.404 e. The van der Waals surface area contributed by atoms with E-state index in [0.29, 0.717) is 42.6 Å². The minimum Gasteiger partial charge on any atom is -0.505 e. The lowest BCUT2D eigenvalue weighted by Crippen LogP contribution is -2.64. The summed E-state index contributed by atoms with van der Waals surface area (Å²) in [4.78, 5) is 37.7. The highest BCUT2D eigenvalue weighted by Crippen LogP contribution is 2.41. The zero-order valence-electron chi connectivity index (χ0n) is 26.0. The molecule has 2 amide bonds. The molecule has 2 heterocycles. The molecule has 0 aromatic carbocycles. The Balaban J connectivity index is 1.54. The Labute approximate surface area is 256 Å². The number of carbonyl (C=O) groups is 2. The summed E-state index contributed by atoms with van der Waals surface area (Å²) in [5.41, 5.74) is 4.74. The third kappa shape index (κ3) is 6.96. The number of nitrogens with two attached hydrogens (primary N) is 1. The number of amides is 2. The summed E-state index contributed by atoms with van der Waals surface area (Å²) < 4.78 is 28.2. The average Bonchev–Trinajstić information content (AvgIpc) is 2.94. The van der Waals surface area contributed by atoms with Crippen molar-refractivity contribution >= 4 is 23.3 Å². The van der Waals surface area contributed by atoms with Crippen LogP contribution in [0.5, 0.6) is 5.75 Å². The van der Waals surface area contributed by atoms with E-state index in [2.05, 4.69) is 5.32 Å². The molecular weight excluding hydrogens is 576 g/mol. The highest BCUT2D eigenvalue weighted by Gasteiger charge is 2.53. The number of primary amides is 1. The Bertz CT molecular complexity index is 1380. The minimum atomic E-state index is -1.47. The largest absolute Gasteiger partial charge is 0.505 e. The number of aliphatic hydroxyl groups is 2. The van der Waals surface area contributed by atoms with Crippen LogP contribution in [-0.2, 0) is 30.2 Å². The van der Waals surface area contributed by atoms with Gasteiger partial charge in [-0.2, -0.15) is 0 Å². The van der Waals surface area contributed by atoms with Crippen LogP contribution in [0, 0.1) is 11.8 Å². The quantitative estimate of drug-likeness (QED) is 0.268. The Morgan fingerprint density at radius 1 is 1.18 bits per heavy atom. The maximum absolute atomic E-state index is 13.2. The van der Waals surface area contributed by atoms with E-state index in [9.17, 15) is 29.7 Å². The molecule has 0 radical (unpaired) electrons. The lowest BCUT2D eigenvalue weighted by molar-refractivity contribution is -0.317. The van der Waals surface area contributed by atoms with Gasteiger partial charge in [0.1, 0.15) is 17.6 Å². The van der Waals surface area contributed by atoms with Crippen LogP contribution < -0.4 is 16.7 Å². The fourth-order valence-electron chi connectivity index (χ4n) is 6.34. The van der Waals surface area contributed by atoms with Crippen LogP contribution in [-0.4, -0.2) is 70.7 Å². The maximum atomic E-state index is 13.2. The monoisotopic (exact) mass is 620 g/mol. The van der Waals surface area contributed by atoms with E-state index in [0.717, 1.165) is 5.57 Å². The van der Waals surface area contributed by atoms with Crippen LogP contribution in [0.1, 0.15) is 78.0 Å². The molecule has 13 heteroatoms. The summed E-state index contributed by atoms with van der Waals surface area (Å²) in [6.07, 6.45) is -1.90. The molecule has 1 saturated heterocycles. The van der Waals surface area contributed by atoms with Crippen LogP contribution >= 0.6 is 0 Å². The number of carbonyl (C=O) groups excluding carboxylic acids is 2. The molecule has 2 aliphatic carbocycles. The molecule has 3 aliphatic rings. The topological polar surface area (TPSA) is 200 Å². The van der Waals surface area contributed by atoms with Gasteiger partial charge >= 0.3 is 11.7 Å². The first-order valence-electron chi connectivity index (χ1n) is 14.9. The number of rotatable bonds is 8. The molecule has 1 saturated carbocycles. The van der Waals surface area contributed by atoms with Crippen molar-refractivity contribution in [2.75, 3.05) is 12.4 Å². The lowest BCUT2D eigenvalue weighted by Gasteiger charge is -2.47. The molecule has 4 rings (SSSR count). The van der Waals surface area contributed by atoms with Crippen molar-refractivity contribution in [2.24, 2.45) is 17.6 Å². The van der Waals surface area contributed by atoms with Gasteiger partial charge in [-0.1, -0.05) is 11.6 Å². The second kappa shape index (κ2) is 13.3. The molecule has 7 atom stereocenters. The average molecular weight is 621 g/mol. The van der Waals surface area contributed by atoms with E-state index in [-0.39, 0.29) is 36.0 Å². The molecule has 1 aromatic rings. The number of hydrogen-bond acceptors (Lipinski definition) is 11. The van der Waals surface area contributed by atoms with E-state index < -0.39 is 59.9 Å². The molecular formula is C31H44N2O11. The van der Waals surface area contributed by atoms with Gasteiger partial charge in [0.2, 0.25) is 12.2 Å². The first-order chi connectivity index (χ1) is 20.6. The first-order valence-corrected chi connectivity index (χ1v) is 14.9. The number of hydrogen-bond donors (Lipinski definition) is 5. The number of allylic oxidation sites excluding steroid dienone is 4. The Kier molecular flexibility index (Phi) is 10.1. The highest BCUT2D eigenvalue weighted by molar-refractivity contribution is 5.94. The van der Waals surface area contributed by atoms with Gasteiger partial charge in [0.25, 0.3) is 0 Å². The summed E-state index contributed by atoms with van der Waals surface area (Å²) in [5.74, 6) is -0.900. The zero-order chi connectivity index (χ0) is 32.5. The normalized spacial score (nSPS) is 29.8. The summed E-state index contributed by atoms with van der Waals surface area (Å²) in [5, 5.41) is 35.1. The molecule has 13 nitrogen and oxygen atoms in total. The highest BCUT2D eigenvalue weighted by atomic mass is 16.7. The Morgan fingerprint density at radius 3 is 2.52 bits per heavy atom. The number of fused-ring (bicyclic) bond motifs is 1. The predicted molar refractivity (Wildman–Crippen MR) is 158 cm³/mol. The van der Waals surface area contributed by atoms with Crippen molar-refractivity contribution in [3.8, 4) is 5.75 Å². The van der Waals surface area contributed by atoms with Crippen LogP contribution in [0.4, 0.5) is 10.5 Å². The van der Waals surface area contributed by atoms with Gasteiger partial charge in [-0.05, 0) is 72.6 Å². The minimum absolute atomic E-state index is 0.0793. The van der Waals surface area contributed by atoms with Crippen molar-refractivity contribution in [3.05, 3.63) is 39.2 Å². The van der Waals surface area contributed by atoms with E-state index in [4.69, 9.17) is 29.1 Å². The molecule has 244 valence electrons. The van der Waals surface area contributed by atoms with Gasteiger partial charge in [-0.3, -0.25) is 4.79 Å². The van der Waals surface area contributed by atoms with Gasteiger partial charge in [-0.15, -0.1) is 0 Å². The molecule has 2 fully saturated rings. The lowest BCUT2D eigenvalue weighted by atomic mass is 9.77. The van der Waals surface area contributed by atoms with Crippen LogP contribution in [0.25, 0.3) is 5.57 Å². The second-order valence-electron chi connectivity index (χ2n) is 12.6. The summed E-state index contributed by atoms with van der Waals surface area (Å²) in [6, 6.07) is 0. The zero-order valence-corrected chi connectivity index (χ0v) is 26.0. The number of methoxy groups -OCH3 is 1. The third-order valence-corrected chi connectivity index (χ3v) is 8.73. The van der Waals surface area contributed by atoms with E-state index in [1.807, 2.05) is 19.9 Å². The fourth-order valence-corrected chi connectivity index (χ4v) is 6.34. The van der Waals surface area contributed by atoms with E-state index in [1.54, 1.807) is 20.8 Å². The third-order valence-electron chi connectivity index (χ3n) is 8.73. The molecule has 4 unspecified atom stereocenters. The van der Waals surface area contributed by atoms with Gasteiger partial charge in [0, 0.05) is 30.6 Å². The van der Waals surface area contributed by atoms with Crippen molar-refractivity contribution in [1.82, 2.24) is 0 Å². The number of nitrogens with one attached hydrogen (secondary N) is 1. The number of anilines is 1. The van der Waals surface area contributed by atoms with Crippen LogP contribution in [0.3, 0.4) is 0 Å². The number of aliphatic hydroxyl groups excluding tert-OH is 2. The van der Waals surface area contributed by atoms with E-state index >= 15 is 0 Å². The summed E-state index contributed by atoms with van der Waals surface area (Å²) in [6.45, 7) is 8.95. The second-order valence-corrected chi connectivity index (χ2v) is 12.6. The standard InChI is InChI=1S/C31H44N2O11/c1-14(2)7-8-16-13-17(9-11-19(16)34)27(37)33-21-22(35)18-10-12-20(15(3)24(18)42-28(21)38)41-29-23(36)25(43-30(32)39)26(40-6)31(4,5)44-29/h7,16-17,19,23,25-26,29,34-36H,8-13H2,1-6H3,(H2,32,39)(H,33,37)/t16?,17?,19?,23-,25+,26-,29?/m1/s1. The van der Waals surface area contributed by atoms with Crippen LogP contribution in [0.15, 0.2) is 26.6 Å². The molecule has 0 bridgehead atoms. The Morgan fingerprint density at radius 2 is 1.89 bits per heavy atom. The SMILES string of the molecule is CO[C@@H]1[C@@H](OC(N)=O)[C@@H](O)C(OC2=C(C)c3oc(=O)c(NC(=O)C4CCC(O)C(CC=C(C)C)C4)c(O)c3CC2)OC1(C)C. The van der Waals surface area contributed by atoms with Crippen molar-refractivity contribution < 1.29 is 48.3 Å². The molecule has 44 heavy (non-hydrogen) atoms. The fraction of sp³-hybridized carbons (Fsp3) is 0.645. The van der Waals surface area contributed by atoms with Crippen LogP contribution in [0.2, 0.25) is 0 Å². The first kappa shape index (κ1) is 33.5. The van der Waals surface area contributed by atoms with Crippen molar-refractivity contribution in [3.63, 3.8) is 0 Å². The molecule has 1 aromatic heterocycles. The van der Waals surface area contributed by atoms with Gasteiger partial charge in [0.15, 0.2) is 23.6 Å². The van der Waals surface area contributed by atoms with Crippen molar-refractivity contribution in [1.29, 1.82) is 0 Å². The molecule has 0 spiro atoms. The van der Waals surface area contributed by atoms with Gasteiger partial charge in [0.05, 0.1) is 11.7 Å². The summed E-state index contributed by atoms with van der Waals surface area (Å²) >= 11 is 0. The number of ether oxygens (including phenoxy) is 4. The molecule has 6 N–H and O–H groups in total. The smallest absolute Gasteiger partial charge is 0.404 e. The number of aromatic hydroxyl groups is 1.